The standard InChI is InChI=1S/C24H23N3O3S/c28-22(16-7-3-1-4-8-16)25-19-13-11-17(12-14-19)23(29)26-27-24(30)21-15-18-9-5-2-6-10-20(18)31-21/h1,3-4,7-8,11-15H,2,5-6,9-10H2,(H,25,28)(H,26,29)(H,27,30). The Labute approximate surface area is 184 Å². The summed E-state index contributed by atoms with van der Waals surface area (Å²) in [5.41, 5.74) is 7.71. The minimum atomic E-state index is -0.424. The van der Waals surface area contributed by atoms with Gasteiger partial charge in [0.05, 0.1) is 4.88 Å². The first-order valence-electron chi connectivity index (χ1n) is 10.3. The molecule has 158 valence electrons. The Morgan fingerprint density at radius 2 is 1.39 bits per heavy atom. The van der Waals surface area contributed by atoms with Crippen molar-refractivity contribution in [2.45, 2.75) is 32.1 Å². The molecule has 6 nitrogen and oxygen atoms in total. The lowest BCUT2D eigenvalue weighted by atomic mass is 10.1. The predicted octanol–water partition coefficient (Wildman–Crippen LogP) is 4.34. The number of benzene rings is 2. The molecule has 0 unspecified atom stereocenters. The first-order valence-corrected chi connectivity index (χ1v) is 11.1. The zero-order chi connectivity index (χ0) is 21.6. The normalized spacial score (nSPS) is 12.9. The topological polar surface area (TPSA) is 87.3 Å². The van der Waals surface area contributed by atoms with Gasteiger partial charge in [-0.1, -0.05) is 24.6 Å². The van der Waals surface area contributed by atoms with Gasteiger partial charge in [-0.25, -0.2) is 0 Å². The largest absolute Gasteiger partial charge is 0.322 e. The molecule has 3 aromatic rings. The molecule has 1 aliphatic carbocycles. The Morgan fingerprint density at radius 1 is 0.710 bits per heavy atom. The van der Waals surface area contributed by atoms with Crippen molar-refractivity contribution in [2.75, 3.05) is 5.32 Å². The van der Waals surface area contributed by atoms with E-state index in [9.17, 15) is 14.4 Å². The zero-order valence-electron chi connectivity index (χ0n) is 16.9. The van der Waals surface area contributed by atoms with E-state index in [1.165, 1.54) is 28.2 Å². The SMILES string of the molecule is O=C(NNC(=O)c1cc2c(s1)CCCCC2)c1ccc(NC(=O)c2ccccc2)cc1. The van der Waals surface area contributed by atoms with Gasteiger partial charge in [-0.2, -0.15) is 0 Å². The number of hydrazine groups is 1. The van der Waals surface area contributed by atoms with E-state index in [1.807, 2.05) is 12.1 Å². The Kier molecular flexibility index (Phi) is 6.43. The van der Waals surface area contributed by atoms with Crippen LogP contribution in [0.25, 0.3) is 0 Å². The fourth-order valence-corrected chi connectivity index (χ4v) is 4.67. The molecule has 0 saturated heterocycles. The van der Waals surface area contributed by atoms with Crippen LogP contribution < -0.4 is 16.2 Å². The van der Waals surface area contributed by atoms with E-state index in [0.29, 0.717) is 21.7 Å². The van der Waals surface area contributed by atoms with E-state index in [-0.39, 0.29) is 11.8 Å². The van der Waals surface area contributed by atoms with Crippen LogP contribution in [0.1, 0.15) is 60.1 Å². The van der Waals surface area contributed by atoms with Gasteiger partial charge in [0.1, 0.15) is 0 Å². The monoisotopic (exact) mass is 433 g/mol. The summed E-state index contributed by atoms with van der Waals surface area (Å²) in [7, 11) is 0. The van der Waals surface area contributed by atoms with Crippen LogP contribution >= 0.6 is 11.3 Å². The Hall–Kier alpha value is -3.45. The van der Waals surface area contributed by atoms with Crippen LogP contribution in [0.5, 0.6) is 0 Å². The first-order chi connectivity index (χ1) is 15.1. The Balaban J connectivity index is 1.31. The van der Waals surface area contributed by atoms with Crippen LogP contribution in [0.3, 0.4) is 0 Å². The first kappa shape index (κ1) is 20.8. The fourth-order valence-electron chi connectivity index (χ4n) is 3.52. The number of thiophene rings is 1. The van der Waals surface area contributed by atoms with Crippen LogP contribution in [0.4, 0.5) is 5.69 Å². The van der Waals surface area contributed by atoms with Gasteiger partial charge in [-0.15, -0.1) is 11.3 Å². The summed E-state index contributed by atoms with van der Waals surface area (Å²) in [6.45, 7) is 0. The van der Waals surface area contributed by atoms with Crippen molar-refractivity contribution in [3.8, 4) is 0 Å². The number of aryl methyl sites for hydroxylation is 2. The summed E-state index contributed by atoms with van der Waals surface area (Å²) in [6.07, 6.45) is 5.58. The number of anilines is 1. The lowest BCUT2D eigenvalue weighted by Crippen LogP contribution is -2.41. The molecule has 1 heterocycles. The van der Waals surface area contributed by atoms with Crippen LogP contribution in [0.15, 0.2) is 60.7 Å². The van der Waals surface area contributed by atoms with Crippen LogP contribution in [-0.2, 0) is 12.8 Å². The average molecular weight is 434 g/mol. The lowest BCUT2D eigenvalue weighted by Gasteiger charge is -2.08. The summed E-state index contributed by atoms with van der Waals surface area (Å²) in [5.74, 6) is -0.954. The lowest BCUT2D eigenvalue weighted by molar-refractivity contribution is 0.0849. The maximum absolute atomic E-state index is 12.4. The number of carbonyl (C=O) groups excluding carboxylic acids is 3. The van der Waals surface area contributed by atoms with E-state index < -0.39 is 5.91 Å². The third-order valence-electron chi connectivity index (χ3n) is 5.20. The molecule has 0 fully saturated rings. The van der Waals surface area contributed by atoms with E-state index >= 15 is 0 Å². The summed E-state index contributed by atoms with van der Waals surface area (Å²) < 4.78 is 0. The highest BCUT2D eigenvalue weighted by molar-refractivity contribution is 7.14. The second-order valence-corrected chi connectivity index (χ2v) is 8.56. The second-order valence-electron chi connectivity index (χ2n) is 7.43. The third-order valence-corrected chi connectivity index (χ3v) is 6.44. The molecular weight excluding hydrogens is 410 g/mol. The Morgan fingerprint density at radius 3 is 2.16 bits per heavy atom. The highest BCUT2D eigenvalue weighted by atomic mass is 32.1. The maximum Gasteiger partial charge on any atom is 0.279 e. The molecule has 7 heteroatoms. The molecule has 0 atom stereocenters. The van der Waals surface area contributed by atoms with Crippen molar-refractivity contribution in [3.05, 3.63) is 87.1 Å². The smallest absolute Gasteiger partial charge is 0.279 e. The second kappa shape index (κ2) is 9.57. The summed E-state index contributed by atoms with van der Waals surface area (Å²) in [6, 6.07) is 17.3. The number of hydrogen-bond donors (Lipinski definition) is 3. The number of hydrogen-bond acceptors (Lipinski definition) is 4. The van der Waals surface area contributed by atoms with Crippen molar-refractivity contribution < 1.29 is 14.4 Å². The van der Waals surface area contributed by atoms with E-state index in [1.54, 1.807) is 48.5 Å². The molecular formula is C24H23N3O3S. The van der Waals surface area contributed by atoms with E-state index in [0.717, 1.165) is 25.7 Å². The minimum absolute atomic E-state index is 0.223. The van der Waals surface area contributed by atoms with E-state index in [2.05, 4.69) is 16.2 Å². The maximum atomic E-state index is 12.4. The third kappa shape index (κ3) is 5.19. The molecule has 4 rings (SSSR count). The zero-order valence-corrected chi connectivity index (χ0v) is 17.8. The molecule has 3 amide bonds. The number of amides is 3. The van der Waals surface area contributed by atoms with Gasteiger partial charge < -0.3 is 5.32 Å². The van der Waals surface area contributed by atoms with Crippen molar-refractivity contribution in [2.24, 2.45) is 0 Å². The van der Waals surface area contributed by atoms with Crippen LogP contribution in [-0.4, -0.2) is 17.7 Å². The van der Waals surface area contributed by atoms with Gasteiger partial charge in [0.15, 0.2) is 0 Å². The molecule has 2 aromatic carbocycles. The highest BCUT2D eigenvalue weighted by Gasteiger charge is 2.17. The van der Waals surface area contributed by atoms with E-state index in [4.69, 9.17) is 0 Å². The van der Waals surface area contributed by atoms with Gasteiger partial charge in [0.2, 0.25) is 0 Å². The van der Waals surface area contributed by atoms with Gasteiger partial charge in [-0.05, 0) is 73.7 Å². The Bertz CT molecular complexity index is 1070. The predicted molar refractivity (Wildman–Crippen MR) is 121 cm³/mol. The molecule has 31 heavy (non-hydrogen) atoms. The summed E-state index contributed by atoms with van der Waals surface area (Å²) in [5, 5.41) is 2.79. The molecule has 0 bridgehead atoms. The van der Waals surface area contributed by atoms with Gasteiger partial charge >= 0.3 is 0 Å². The van der Waals surface area contributed by atoms with Crippen molar-refractivity contribution in [1.29, 1.82) is 0 Å². The quantitative estimate of drug-likeness (QED) is 0.422. The molecule has 1 aliphatic rings. The van der Waals surface area contributed by atoms with Gasteiger partial charge in [0.25, 0.3) is 17.7 Å². The number of fused-ring (bicyclic) bond motifs is 1. The summed E-state index contributed by atoms with van der Waals surface area (Å²) in [4.78, 5) is 38.9. The van der Waals surface area contributed by atoms with Crippen molar-refractivity contribution in [3.63, 3.8) is 0 Å². The number of nitrogens with one attached hydrogen (secondary N) is 3. The molecule has 0 radical (unpaired) electrons. The fraction of sp³-hybridized carbons (Fsp3) is 0.208. The molecule has 0 spiro atoms. The van der Waals surface area contributed by atoms with Crippen LogP contribution in [0, 0.1) is 0 Å². The molecule has 0 aliphatic heterocycles. The van der Waals surface area contributed by atoms with Crippen molar-refractivity contribution >= 4 is 34.7 Å². The minimum Gasteiger partial charge on any atom is -0.322 e. The molecule has 3 N–H and O–H groups in total. The molecule has 0 saturated carbocycles. The van der Waals surface area contributed by atoms with Crippen LogP contribution in [0.2, 0.25) is 0 Å². The number of rotatable bonds is 4. The average Bonchev–Trinajstić information content (AvgIpc) is 3.08. The molecule has 1 aromatic heterocycles. The highest BCUT2D eigenvalue weighted by Crippen LogP contribution is 2.28. The summed E-state index contributed by atoms with van der Waals surface area (Å²) >= 11 is 1.51. The van der Waals surface area contributed by atoms with Gasteiger partial charge in [0, 0.05) is 21.7 Å². The van der Waals surface area contributed by atoms with Crippen molar-refractivity contribution in [1.82, 2.24) is 10.9 Å². The van der Waals surface area contributed by atoms with Gasteiger partial charge in [-0.3, -0.25) is 25.2 Å². The number of carbonyl (C=O) groups is 3.